The highest BCUT2D eigenvalue weighted by atomic mass is 15.0. The number of para-hydroxylation sites is 4. The molecule has 0 atom stereocenters. The van der Waals surface area contributed by atoms with Crippen LogP contribution in [0.3, 0.4) is 0 Å². The van der Waals surface area contributed by atoms with E-state index in [2.05, 4.69) is 244 Å². The van der Waals surface area contributed by atoms with E-state index < -0.39 is 0 Å². The van der Waals surface area contributed by atoms with E-state index in [1.165, 1.54) is 105 Å². The molecule has 81 heavy (non-hydrogen) atoms. The predicted molar refractivity (Wildman–Crippen MR) is 336 cm³/mol. The lowest BCUT2D eigenvalue weighted by molar-refractivity contribution is 0.896. The quantitative estimate of drug-likeness (QED) is 0.145. The maximum absolute atomic E-state index is 5.04. The lowest BCUT2D eigenvalue weighted by Crippen LogP contribution is -2.09. The minimum Gasteiger partial charge on any atom is -0.313 e. The minimum atomic E-state index is 0.652. The van der Waals surface area contributed by atoms with Crippen molar-refractivity contribution in [3.8, 4) is 56.7 Å². The smallest absolute Gasteiger partial charge is 0.164 e. The minimum absolute atomic E-state index is 0.652. The van der Waals surface area contributed by atoms with E-state index in [0.29, 0.717) is 17.5 Å². The molecule has 0 saturated carbocycles. The van der Waals surface area contributed by atoms with Gasteiger partial charge in [0.2, 0.25) is 0 Å². The van der Waals surface area contributed by atoms with Crippen LogP contribution in [0.25, 0.3) is 134 Å². The zero-order valence-corrected chi connectivity index (χ0v) is 44.4. The molecule has 0 aliphatic heterocycles. The van der Waals surface area contributed by atoms with Crippen molar-refractivity contribution < 1.29 is 0 Å². The standard InChI is InChI=1S/C75H52N6/c1-4-19-51(20-5-1)73-76-74(52-21-6-2-7-22-52)78-75(77-73)53-37-35-49(36-38-53)54-41-45-58(71(48-54)81-66-31-15-10-25-60(66)61-26-11-16-32-67(61)81)50-39-43-57(44-40-50)80-68-33-17-13-28-63(68)72-59(29-18-34-70(72)80)55-42-46-69-64(47-55)62-27-12-14-30-65(62)79(69)56-23-8-3-9-24-56/h1-15,17-31,33-40,42-44,46-48H,16,32,41,45H2. The van der Waals surface area contributed by atoms with Gasteiger partial charge in [-0.3, -0.25) is 0 Å². The molecule has 2 aliphatic carbocycles. The fourth-order valence-electron chi connectivity index (χ4n) is 13.0. The molecular weight excluding hydrogens is 985 g/mol. The molecule has 382 valence electrons. The average molecular weight is 1040 g/mol. The molecule has 16 rings (SSSR count). The van der Waals surface area contributed by atoms with Crippen LogP contribution < -0.4 is 0 Å². The largest absolute Gasteiger partial charge is 0.313 e. The molecule has 6 nitrogen and oxygen atoms in total. The third kappa shape index (κ3) is 7.82. The van der Waals surface area contributed by atoms with Gasteiger partial charge >= 0.3 is 0 Å². The Morgan fingerprint density at radius 1 is 0.333 bits per heavy atom. The molecule has 10 aromatic carbocycles. The Bertz CT molecular complexity index is 4820. The second-order valence-corrected chi connectivity index (χ2v) is 21.3. The fourth-order valence-corrected chi connectivity index (χ4v) is 13.0. The predicted octanol–water partition coefficient (Wildman–Crippen LogP) is 18.9. The summed E-state index contributed by atoms with van der Waals surface area (Å²) in [6, 6.07) is 89.7. The number of rotatable bonds is 9. The van der Waals surface area contributed by atoms with E-state index in [-0.39, 0.29) is 0 Å². The molecule has 0 bridgehead atoms. The number of hydrogen-bond acceptors (Lipinski definition) is 3. The lowest BCUT2D eigenvalue weighted by atomic mass is 9.87. The molecule has 0 N–H and O–H groups in total. The van der Waals surface area contributed by atoms with Crippen molar-refractivity contribution in [3.05, 3.63) is 283 Å². The first-order chi connectivity index (χ1) is 40.2. The van der Waals surface area contributed by atoms with Crippen molar-refractivity contribution in [1.82, 2.24) is 28.7 Å². The molecule has 0 amide bonds. The lowest BCUT2D eigenvalue weighted by Gasteiger charge is -2.25. The zero-order chi connectivity index (χ0) is 53.4. The summed E-state index contributed by atoms with van der Waals surface area (Å²) in [6.07, 6.45) is 10.9. The van der Waals surface area contributed by atoms with Gasteiger partial charge in [0, 0.05) is 72.0 Å². The van der Waals surface area contributed by atoms with Crippen LogP contribution in [0.5, 0.6) is 0 Å². The van der Waals surface area contributed by atoms with Crippen LogP contribution in [-0.2, 0) is 6.42 Å². The monoisotopic (exact) mass is 1040 g/mol. The zero-order valence-electron chi connectivity index (χ0n) is 44.4. The van der Waals surface area contributed by atoms with E-state index in [1.54, 1.807) is 0 Å². The van der Waals surface area contributed by atoms with Gasteiger partial charge in [-0.05, 0) is 126 Å². The molecule has 2 aliphatic rings. The van der Waals surface area contributed by atoms with E-state index in [9.17, 15) is 0 Å². The summed E-state index contributed by atoms with van der Waals surface area (Å²) in [5, 5.41) is 6.28. The normalized spacial score (nSPS) is 13.5. The molecule has 14 aromatic rings. The van der Waals surface area contributed by atoms with Crippen LogP contribution in [0, 0.1) is 0 Å². The van der Waals surface area contributed by atoms with Gasteiger partial charge in [0.05, 0.1) is 27.6 Å². The van der Waals surface area contributed by atoms with Gasteiger partial charge in [-0.25, -0.2) is 15.0 Å². The van der Waals surface area contributed by atoms with E-state index in [4.69, 9.17) is 15.0 Å². The fraction of sp³-hybridized carbons (Fsp3) is 0.0533. The Kier molecular flexibility index (Phi) is 11.0. The van der Waals surface area contributed by atoms with Crippen molar-refractivity contribution >= 4 is 77.4 Å². The van der Waals surface area contributed by atoms with Crippen molar-refractivity contribution in [3.63, 3.8) is 0 Å². The molecule has 4 aromatic heterocycles. The second kappa shape index (κ2) is 19.2. The third-order valence-corrected chi connectivity index (χ3v) is 16.7. The molecule has 4 heterocycles. The Balaban J connectivity index is 0.803. The van der Waals surface area contributed by atoms with E-state index in [0.717, 1.165) is 53.7 Å². The average Bonchev–Trinajstić information content (AvgIpc) is 4.40. The SMILES string of the molecule is C1=Cc2c(n(C3=C(c4ccc(-n5c6ccccc6c6c(-c7ccc8c(c7)c7ccccc7n8-c7ccccc7)cccc65)cc4)CCC(c4ccc(-c5nc(-c6ccccc6)nc(-c6ccccc6)n5)cc4)=C3)c3ccccc23)CC1. The van der Waals surface area contributed by atoms with Crippen LogP contribution in [0.15, 0.2) is 261 Å². The summed E-state index contributed by atoms with van der Waals surface area (Å²) in [4.78, 5) is 15.0. The molecule has 0 spiro atoms. The van der Waals surface area contributed by atoms with Gasteiger partial charge in [0.15, 0.2) is 17.5 Å². The van der Waals surface area contributed by atoms with Crippen LogP contribution in [0.2, 0.25) is 0 Å². The number of allylic oxidation sites excluding steroid dienone is 5. The summed E-state index contributed by atoms with van der Waals surface area (Å²) in [6.45, 7) is 0. The highest BCUT2D eigenvalue weighted by Gasteiger charge is 2.26. The van der Waals surface area contributed by atoms with Gasteiger partial charge in [0.1, 0.15) is 0 Å². The molecule has 0 radical (unpaired) electrons. The van der Waals surface area contributed by atoms with Crippen molar-refractivity contribution in [2.24, 2.45) is 0 Å². The van der Waals surface area contributed by atoms with Gasteiger partial charge < -0.3 is 13.7 Å². The summed E-state index contributed by atoms with van der Waals surface area (Å²) < 4.78 is 7.43. The van der Waals surface area contributed by atoms with Crippen molar-refractivity contribution in [2.45, 2.75) is 25.7 Å². The van der Waals surface area contributed by atoms with Gasteiger partial charge in [0.25, 0.3) is 0 Å². The summed E-state index contributed by atoms with van der Waals surface area (Å²) in [5.41, 5.74) is 22.6. The Hall–Kier alpha value is -10.4. The first-order valence-electron chi connectivity index (χ1n) is 28.1. The number of benzene rings is 10. The first kappa shape index (κ1) is 46.6. The third-order valence-electron chi connectivity index (χ3n) is 16.7. The second-order valence-electron chi connectivity index (χ2n) is 21.3. The molecule has 0 saturated heterocycles. The van der Waals surface area contributed by atoms with Crippen molar-refractivity contribution in [1.29, 1.82) is 0 Å². The molecule has 6 heteroatoms. The maximum Gasteiger partial charge on any atom is 0.164 e. The highest BCUT2D eigenvalue weighted by molar-refractivity contribution is 6.17. The number of fused-ring (bicyclic) bond motifs is 9. The number of aromatic nitrogens is 6. The Morgan fingerprint density at radius 3 is 1.53 bits per heavy atom. The summed E-state index contributed by atoms with van der Waals surface area (Å²) >= 11 is 0. The van der Waals surface area contributed by atoms with Crippen LogP contribution >= 0.6 is 0 Å². The van der Waals surface area contributed by atoms with E-state index >= 15 is 0 Å². The number of hydrogen-bond donors (Lipinski definition) is 0. The topological polar surface area (TPSA) is 53.5 Å². The molecular formula is C75H52N6. The summed E-state index contributed by atoms with van der Waals surface area (Å²) in [7, 11) is 0. The molecule has 0 unspecified atom stereocenters. The van der Waals surface area contributed by atoms with Gasteiger partial charge in [-0.15, -0.1) is 0 Å². The Labute approximate surface area is 469 Å². The molecule has 0 fully saturated rings. The van der Waals surface area contributed by atoms with Gasteiger partial charge in [-0.2, -0.15) is 0 Å². The van der Waals surface area contributed by atoms with Gasteiger partial charge in [-0.1, -0.05) is 200 Å². The maximum atomic E-state index is 5.04. The first-order valence-corrected chi connectivity index (χ1v) is 28.1. The van der Waals surface area contributed by atoms with Crippen LogP contribution in [0.4, 0.5) is 0 Å². The van der Waals surface area contributed by atoms with Crippen LogP contribution in [0.1, 0.15) is 41.6 Å². The Morgan fingerprint density at radius 2 is 0.840 bits per heavy atom. The van der Waals surface area contributed by atoms with Crippen molar-refractivity contribution in [2.75, 3.05) is 0 Å². The number of nitrogens with zero attached hydrogens (tertiary/aromatic N) is 6. The van der Waals surface area contributed by atoms with E-state index in [1.807, 2.05) is 36.4 Å². The summed E-state index contributed by atoms with van der Waals surface area (Å²) in [5.74, 6) is 1.97. The highest BCUT2D eigenvalue weighted by Crippen LogP contribution is 2.45. The van der Waals surface area contributed by atoms with Crippen LogP contribution in [-0.4, -0.2) is 28.7 Å².